The molecule has 0 aliphatic rings. The molecule has 0 fully saturated rings. The quantitative estimate of drug-likeness (QED) is 0.187. The van der Waals surface area contributed by atoms with Crippen LogP contribution in [0.15, 0.2) is 9.33 Å². The van der Waals surface area contributed by atoms with Crippen molar-refractivity contribution in [2.75, 3.05) is 31.6 Å². The number of nitrogens with two attached hydrogens (primary N) is 1. The molecule has 18 heavy (non-hydrogen) atoms. The third kappa shape index (κ3) is 5.77. The van der Waals surface area contributed by atoms with Crippen LogP contribution in [0.3, 0.4) is 0 Å². The Morgan fingerprint density at radius 2 is 2.44 bits per heavy atom. The first-order chi connectivity index (χ1) is 8.61. The van der Waals surface area contributed by atoms with Crippen molar-refractivity contribution in [2.24, 2.45) is 4.99 Å². The fourth-order valence-corrected chi connectivity index (χ4v) is 2.72. The fraction of sp³-hybridized carbons (Fsp3) is 0.625. The number of hydrogen-bond acceptors (Lipinski definition) is 8. The summed E-state index contributed by atoms with van der Waals surface area (Å²) in [6.45, 7) is 0.373. The van der Waals surface area contributed by atoms with Crippen molar-refractivity contribution in [3.63, 3.8) is 0 Å². The number of nitrogens with zero attached hydrogens (tertiary/aromatic N) is 4. The van der Waals surface area contributed by atoms with Gasteiger partial charge in [0.2, 0.25) is 5.13 Å². The first kappa shape index (κ1) is 14.6. The van der Waals surface area contributed by atoms with Crippen molar-refractivity contribution in [3.05, 3.63) is 10.1 Å². The number of aliphatic imine (C=N–C) groups is 1. The number of aromatic nitrogens is 2. The second kappa shape index (κ2) is 7.82. The maximum Gasteiger partial charge on any atom is 0.259 e. The molecule has 8 nitrogen and oxygen atoms in total. The van der Waals surface area contributed by atoms with E-state index in [-0.39, 0.29) is 6.54 Å². The molecule has 1 rings (SSSR count). The van der Waals surface area contributed by atoms with E-state index in [0.717, 1.165) is 16.5 Å². The Kier molecular flexibility index (Phi) is 6.36. The molecule has 0 aliphatic carbocycles. The highest BCUT2D eigenvalue weighted by Crippen LogP contribution is 2.23. The lowest BCUT2D eigenvalue weighted by Gasteiger charge is -2.04. The summed E-state index contributed by atoms with van der Waals surface area (Å²) >= 11 is 2.92. The van der Waals surface area contributed by atoms with Gasteiger partial charge in [-0.2, -0.15) is 0 Å². The van der Waals surface area contributed by atoms with Gasteiger partial charge in [-0.15, -0.1) is 10.2 Å². The molecule has 0 bridgehead atoms. The first-order valence-electron chi connectivity index (χ1n) is 5.15. The van der Waals surface area contributed by atoms with Gasteiger partial charge in [-0.1, -0.05) is 23.1 Å². The average molecular weight is 290 g/mol. The summed E-state index contributed by atoms with van der Waals surface area (Å²) in [4.78, 5) is 13.7. The van der Waals surface area contributed by atoms with Crippen LogP contribution in [0.5, 0.6) is 0 Å². The Morgan fingerprint density at radius 3 is 3.00 bits per heavy atom. The van der Waals surface area contributed by atoms with E-state index < -0.39 is 4.92 Å². The molecule has 0 unspecified atom stereocenters. The van der Waals surface area contributed by atoms with Gasteiger partial charge in [-0.3, -0.25) is 15.1 Å². The van der Waals surface area contributed by atoms with Gasteiger partial charge in [0.15, 0.2) is 10.2 Å². The van der Waals surface area contributed by atoms with E-state index in [2.05, 4.69) is 20.5 Å². The van der Waals surface area contributed by atoms with Crippen LogP contribution in [0.25, 0.3) is 0 Å². The maximum absolute atomic E-state index is 10.3. The van der Waals surface area contributed by atoms with E-state index >= 15 is 0 Å². The summed E-state index contributed by atoms with van der Waals surface area (Å²) in [6, 6.07) is 0. The highest BCUT2D eigenvalue weighted by atomic mass is 32.2. The maximum atomic E-state index is 10.3. The van der Waals surface area contributed by atoms with Gasteiger partial charge in [-0.25, -0.2) is 0 Å². The normalized spacial score (nSPS) is 11.5. The molecule has 0 aromatic carbocycles. The predicted octanol–water partition coefficient (Wildman–Crippen LogP) is 0.497. The average Bonchev–Trinajstić information content (AvgIpc) is 2.72. The van der Waals surface area contributed by atoms with Crippen molar-refractivity contribution in [3.8, 4) is 0 Å². The lowest BCUT2D eigenvalue weighted by molar-refractivity contribution is -0.463. The van der Waals surface area contributed by atoms with E-state index in [1.54, 1.807) is 11.8 Å². The Bertz CT molecular complexity index is 421. The molecule has 0 saturated carbocycles. The molecule has 1 aromatic rings. The first-order valence-corrected chi connectivity index (χ1v) is 6.95. The summed E-state index contributed by atoms with van der Waals surface area (Å²) in [7, 11) is 1.53. The molecule has 0 spiro atoms. The molecule has 0 saturated heterocycles. The molecule has 0 radical (unpaired) electrons. The number of nitro groups is 1. The Morgan fingerprint density at radius 1 is 1.67 bits per heavy atom. The van der Waals surface area contributed by atoms with Crippen LogP contribution in [0.4, 0.5) is 5.13 Å². The molecular formula is C8H14N6O2S2. The fourth-order valence-electron chi connectivity index (χ4n) is 1.07. The minimum atomic E-state index is -0.409. The van der Waals surface area contributed by atoms with Crippen molar-refractivity contribution in [1.29, 1.82) is 0 Å². The minimum absolute atomic E-state index is 0.267. The number of hydrogen-bond donors (Lipinski definition) is 2. The van der Waals surface area contributed by atoms with Crippen LogP contribution >= 0.6 is 23.1 Å². The number of thioether (sulfide) groups is 1. The van der Waals surface area contributed by atoms with E-state index in [9.17, 15) is 10.1 Å². The zero-order chi connectivity index (χ0) is 13.4. The van der Waals surface area contributed by atoms with E-state index in [0.29, 0.717) is 17.5 Å². The third-order valence-corrected chi connectivity index (χ3v) is 3.82. The lowest BCUT2D eigenvalue weighted by atomic mass is 10.4. The highest BCUT2D eigenvalue weighted by Gasteiger charge is 2.05. The van der Waals surface area contributed by atoms with Gasteiger partial charge in [0, 0.05) is 24.3 Å². The predicted molar refractivity (Wildman–Crippen MR) is 72.9 cm³/mol. The third-order valence-electron chi connectivity index (χ3n) is 1.85. The van der Waals surface area contributed by atoms with Gasteiger partial charge < -0.3 is 11.1 Å². The lowest BCUT2D eigenvalue weighted by Crippen LogP contribution is -2.31. The standard InChI is InChI=1S/C8H14N6O2S2/c1-10-6(5-14(15)16)11-3-2-4-17-8-13-12-7(9)18-8/h2-5H2,1H3,(H2,9,12)(H,10,11). The SMILES string of the molecule is CN=C(C[N+](=O)[O-])NCCCSc1nnc(N)s1. The molecule has 0 atom stereocenters. The zero-order valence-corrected chi connectivity index (χ0v) is 11.5. The second-order valence-electron chi connectivity index (χ2n) is 3.20. The number of nitrogens with one attached hydrogen (secondary N) is 1. The Balaban J connectivity index is 2.13. The van der Waals surface area contributed by atoms with Gasteiger partial charge in [0.25, 0.3) is 6.54 Å². The second-order valence-corrected chi connectivity index (χ2v) is 5.55. The summed E-state index contributed by atoms with van der Waals surface area (Å²) in [6.07, 6.45) is 0.848. The molecule has 1 heterocycles. The number of amidine groups is 1. The minimum Gasteiger partial charge on any atom is -0.374 e. The highest BCUT2D eigenvalue weighted by molar-refractivity contribution is 8.01. The van der Waals surface area contributed by atoms with Gasteiger partial charge in [0.1, 0.15) is 0 Å². The van der Waals surface area contributed by atoms with Crippen LogP contribution < -0.4 is 11.1 Å². The van der Waals surface area contributed by atoms with Crippen molar-refractivity contribution in [2.45, 2.75) is 10.8 Å². The van der Waals surface area contributed by atoms with Crippen LogP contribution in [-0.2, 0) is 0 Å². The van der Waals surface area contributed by atoms with Crippen LogP contribution in [0.1, 0.15) is 6.42 Å². The number of nitrogen functional groups attached to an aromatic ring is 1. The summed E-state index contributed by atoms with van der Waals surface area (Å²) in [5.74, 6) is 1.24. The molecule has 0 aliphatic heterocycles. The van der Waals surface area contributed by atoms with Crippen molar-refractivity contribution >= 4 is 34.1 Å². The molecule has 100 valence electrons. The molecule has 1 aromatic heterocycles. The molecule has 0 amide bonds. The van der Waals surface area contributed by atoms with Gasteiger partial charge in [0.05, 0.1) is 0 Å². The smallest absolute Gasteiger partial charge is 0.259 e. The Labute approximate surface area is 112 Å². The monoisotopic (exact) mass is 290 g/mol. The Hall–Kier alpha value is -1.42. The number of rotatable bonds is 7. The summed E-state index contributed by atoms with van der Waals surface area (Å²) in [5.41, 5.74) is 5.45. The molecule has 3 N–H and O–H groups in total. The number of anilines is 1. The topological polar surface area (TPSA) is 119 Å². The van der Waals surface area contributed by atoms with Gasteiger partial charge in [-0.05, 0) is 6.42 Å². The van der Waals surface area contributed by atoms with Crippen molar-refractivity contribution in [1.82, 2.24) is 15.5 Å². The summed E-state index contributed by atoms with van der Waals surface area (Å²) < 4.78 is 0.835. The van der Waals surface area contributed by atoms with E-state index in [4.69, 9.17) is 5.73 Å². The van der Waals surface area contributed by atoms with Crippen molar-refractivity contribution < 1.29 is 4.92 Å². The molecule has 10 heteroatoms. The zero-order valence-electron chi connectivity index (χ0n) is 9.83. The van der Waals surface area contributed by atoms with Crippen LogP contribution in [-0.4, -0.2) is 46.8 Å². The van der Waals surface area contributed by atoms with Gasteiger partial charge >= 0.3 is 0 Å². The summed E-state index contributed by atoms with van der Waals surface area (Å²) in [5, 5.41) is 21.3. The van der Waals surface area contributed by atoms with Crippen LogP contribution in [0.2, 0.25) is 0 Å². The van der Waals surface area contributed by atoms with E-state index in [1.165, 1.54) is 18.4 Å². The largest absolute Gasteiger partial charge is 0.374 e. The van der Waals surface area contributed by atoms with E-state index in [1.807, 2.05) is 0 Å². The molecular weight excluding hydrogens is 276 g/mol. The van der Waals surface area contributed by atoms with Crippen LogP contribution in [0, 0.1) is 10.1 Å².